The molecule has 1 saturated heterocycles. The number of hydrogen-bond donors (Lipinski definition) is 2. The molecular weight excluding hydrogens is 252 g/mol. The predicted molar refractivity (Wildman–Crippen MR) is 81.9 cm³/mol. The van der Waals surface area contributed by atoms with Crippen molar-refractivity contribution in [1.29, 1.82) is 0 Å². The molecule has 0 spiro atoms. The molecule has 0 amide bonds. The number of rotatable bonds is 3. The number of piperidine rings is 1. The summed E-state index contributed by atoms with van der Waals surface area (Å²) in [6.45, 7) is 1.51. The number of benzene rings is 1. The van der Waals surface area contributed by atoms with E-state index in [1.807, 2.05) is 56.4 Å². The Morgan fingerprint density at radius 3 is 2.35 bits per heavy atom. The fourth-order valence-electron chi connectivity index (χ4n) is 2.36. The summed E-state index contributed by atoms with van der Waals surface area (Å²) >= 11 is 0. The molecule has 4 nitrogen and oxygen atoms in total. The fourth-order valence-corrected chi connectivity index (χ4v) is 2.36. The van der Waals surface area contributed by atoms with Gasteiger partial charge in [-0.1, -0.05) is 30.3 Å². The number of nitrogens with zero attached hydrogens (tertiary/aromatic N) is 1. The molecule has 1 atom stereocenters. The van der Waals surface area contributed by atoms with Crippen molar-refractivity contribution < 1.29 is 9.90 Å². The van der Waals surface area contributed by atoms with Crippen LogP contribution >= 0.6 is 0 Å². The van der Waals surface area contributed by atoms with Gasteiger partial charge in [0.25, 0.3) is 0 Å². The zero-order valence-electron chi connectivity index (χ0n) is 12.7. The van der Waals surface area contributed by atoms with Gasteiger partial charge in [-0.25, -0.2) is 0 Å². The number of aliphatic carboxylic acids is 1. The van der Waals surface area contributed by atoms with Gasteiger partial charge >= 0.3 is 5.97 Å². The minimum atomic E-state index is -0.677. The maximum absolute atomic E-state index is 11.4. The Balaban J connectivity index is 0.000000444. The van der Waals surface area contributed by atoms with E-state index < -0.39 is 11.4 Å². The lowest BCUT2D eigenvalue weighted by molar-refractivity contribution is -0.150. The van der Waals surface area contributed by atoms with Crippen molar-refractivity contribution in [2.75, 3.05) is 34.2 Å². The van der Waals surface area contributed by atoms with E-state index in [0.29, 0.717) is 13.0 Å². The SMILES string of the molecule is CN(C)C.O=C(O)[C@]1(Cc2ccccc2)CCCNC1. The zero-order chi connectivity index (χ0) is 15.0. The standard InChI is InChI=1S/C13H17NO2.C3H9N/c15-12(16)13(7-4-8-14-10-13)9-11-5-2-1-3-6-11;1-4(2)3/h1-3,5-6,14H,4,7-10H2,(H,15,16);1-3H3/t13-;/m0./s1. The van der Waals surface area contributed by atoms with Crippen molar-refractivity contribution in [1.82, 2.24) is 10.2 Å². The van der Waals surface area contributed by atoms with Crippen molar-refractivity contribution in [2.24, 2.45) is 5.41 Å². The van der Waals surface area contributed by atoms with E-state index in [2.05, 4.69) is 5.32 Å². The van der Waals surface area contributed by atoms with E-state index in [1.54, 1.807) is 0 Å². The van der Waals surface area contributed by atoms with Crippen molar-refractivity contribution in [3.63, 3.8) is 0 Å². The summed E-state index contributed by atoms with van der Waals surface area (Å²) in [5.74, 6) is -0.677. The molecule has 1 aromatic carbocycles. The zero-order valence-corrected chi connectivity index (χ0v) is 12.7. The van der Waals surface area contributed by atoms with E-state index >= 15 is 0 Å². The Kier molecular flexibility index (Phi) is 6.68. The first-order valence-electron chi connectivity index (χ1n) is 7.05. The minimum Gasteiger partial charge on any atom is -0.481 e. The van der Waals surface area contributed by atoms with E-state index in [4.69, 9.17) is 0 Å². The molecule has 1 aromatic rings. The number of nitrogens with one attached hydrogen (secondary N) is 1. The second kappa shape index (κ2) is 8.02. The lowest BCUT2D eigenvalue weighted by Gasteiger charge is -2.33. The van der Waals surface area contributed by atoms with Gasteiger partial charge in [0.05, 0.1) is 5.41 Å². The van der Waals surface area contributed by atoms with Crippen molar-refractivity contribution in [2.45, 2.75) is 19.3 Å². The third kappa shape index (κ3) is 5.31. The molecule has 0 saturated carbocycles. The van der Waals surface area contributed by atoms with Crippen molar-refractivity contribution >= 4 is 5.97 Å². The van der Waals surface area contributed by atoms with Gasteiger partial charge in [-0.15, -0.1) is 0 Å². The maximum atomic E-state index is 11.4. The second-order valence-corrected chi connectivity index (χ2v) is 5.87. The quantitative estimate of drug-likeness (QED) is 0.886. The van der Waals surface area contributed by atoms with Gasteiger partial charge in [0.15, 0.2) is 0 Å². The third-order valence-corrected chi connectivity index (χ3v) is 3.31. The molecule has 1 fully saturated rings. The van der Waals surface area contributed by atoms with E-state index in [0.717, 1.165) is 24.9 Å². The molecule has 0 bridgehead atoms. The maximum Gasteiger partial charge on any atom is 0.311 e. The Bertz CT molecular complexity index is 395. The smallest absolute Gasteiger partial charge is 0.311 e. The highest BCUT2D eigenvalue weighted by Crippen LogP contribution is 2.30. The Morgan fingerprint density at radius 2 is 1.90 bits per heavy atom. The van der Waals surface area contributed by atoms with Crippen LogP contribution in [-0.2, 0) is 11.2 Å². The van der Waals surface area contributed by atoms with Crippen LogP contribution in [0.15, 0.2) is 30.3 Å². The van der Waals surface area contributed by atoms with Crippen LogP contribution in [0, 0.1) is 5.41 Å². The molecule has 20 heavy (non-hydrogen) atoms. The van der Waals surface area contributed by atoms with Crippen molar-refractivity contribution in [3.8, 4) is 0 Å². The van der Waals surface area contributed by atoms with Crippen LogP contribution in [0.1, 0.15) is 18.4 Å². The first-order chi connectivity index (χ1) is 9.46. The van der Waals surface area contributed by atoms with Crippen LogP contribution in [0.5, 0.6) is 0 Å². The molecule has 4 heteroatoms. The summed E-state index contributed by atoms with van der Waals surface area (Å²) in [5, 5.41) is 12.6. The summed E-state index contributed by atoms with van der Waals surface area (Å²) in [7, 11) is 6.00. The topological polar surface area (TPSA) is 52.6 Å². The number of carboxylic acids is 1. The van der Waals surface area contributed by atoms with E-state index in [1.165, 1.54) is 0 Å². The third-order valence-electron chi connectivity index (χ3n) is 3.31. The molecule has 1 aliphatic rings. The first kappa shape index (κ1) is 16.7. The Labute approximate surface area is 121 Å². The molecule has 2 rings (SSSR count). The number of carbonyl (C=O) groups is 1. The number of carboxylic acid groups (broad SMARTS) is 1. The molecule has 2 N–H and O–H groups in total. The molecule has 112 valence electrons. The summed E-state index contributed by atoms with van der Waals surface area (Å²) in [6, 6.07) is 9.87. The van der Waals surface area contributed by atoms with Crippen LogP contribution in [0.3, 0.4) is 0 Å². The highest BCUT2D eigenvalue weighted by atomic mass is 16.4. The number of hydrogen-bond acceptors (Lipinski definition) is 3. The largest absolute Gasteiger partial charge is 0.481 e. The Morgan fingerprint density at radius 1 is 1.30 bits per heavy atom. The van der Waals surface area contributed by atoms with Crippen LogP contribution in [0.25, 0.3) is 0 Å². The van der Waals surface area contributed by atoms with E-state index in [9.17, 15) is 9.90 Å². The Hall–Kier alpha value is -1.39. The average Bonchev–Trinajstić information content (AvgIpc) is 2.40. The van der Waals surface area contributed by atoms with Gasteiger partial charge in [0.2, 0.25) is 0 Å². The van der Waals surface area contributed by atoms with E-state index in [-0.39, 0.29) is 0 Å². The molecule has 1 aliphatic heterocycles. The van der Waals surface area contributed by atoms with Gasteiger partial charge in [-0.2, -0.15) is 0 Å². The van der Waals surface area contributed by atoms with Gasteiger partial charge in [-0.05, 0) is 52.5 Å². The van der Waals surface area contributed by atoms with Crippen LogP contribution in [-0.4, -0.2) is 50.2 Å². The van der Waals surface area contributed by atoms with Gasteiger partial charge in [0.1, 0.15) is 0 Å². The normalized spacial score (nSPS) is 22.0. The molecule has 0 unspecified atom stereocenters. The molecule has 1 heterocycles. The average molecular weight is 278 g/mol. The van der Waals surface area contributed by atoms with Gasteiger partial charge in [0, 0.05) is 6.54 Å². The summed E-state index contributed by atoms with van der Waals surface area (Å²) in [4.78, 5) is 13.4. The van der Waals surface area contributed by atoms with Crippen LogP contribution in [0.4, 0.5) is 0 Å². The predicted octanol–water partition coefficient (Wildman–Crippen LogP) is 1.86. The van der Waals surface area contributed by atoms with Gasteiger partial charge in [-0.3, -0.25) is 4.79 Å². The van der Waals surface area contributed by atoms with Crippen molar-refractivity contribution in [3.05, 3.63) is 35.9 Å². The minimum absolute atomic E-state index is 0.581. The molecular formula is C16H26N2O2. The first-order valence-corrected chi connectivity index (χ1v) is 7.05. The molecule has 0 aromatic heterocycles. The lowest BCUT2D eigenvalue weighted by atomic mass is 9.76. The summed E-state index contributed by atoms with van der Waals surface area (Å²) in [5.41, 5.74) is 0.494. The van der Waals surface area contributed by atoms with Crippen LogP contribution < -0.4 is 5.32 Å². The monoisotopic (exact) mass is 278 g/mol. The lowest BCUT2D eigenvalue weighted by Crippen LogP contribution is -2.46. The fraction of sp³-hybridized carbons (Fsp3) is 0.562. The highest BCUT2D eigenvalue weighted by Gasteiger charge is 2.39. The van der Waals surface area contributed by atoms with Gasteiger partial charge < -0.3 is 15.3 Å². The molecule has 0 radical (unpaired) electrons. The highest BCUT2D eigenvalue weighted by molar-refractivity contribution is 5.75. The van der Waals surface area contributed by atoms with Crippen LogP contribution in [0.2, 0.25) is 0 Å². The molecule has 0 aliphatic carbocycles. The summed E-state index contributed by atoms with van der Waals surface area (Å²) < 4.78 is 0. The summed E-state index contributed by atoms with van der Waals surface area (Å²) in [6.07, 6.45) is 2.33. The second-order valence-electron chi connectivity index (χ2n) is 5.87.